The van der Waals surface area contributed by atoms with E-state index in [9.17, 15) is 0 Å². The third kappa shape index (κ3) is 2.83. The van der Waals surface area contributed by atoms with E-state index in [0.29, 0.717) is 0 Å². The first kappa shape index (κ1) is 13.7. The quantitative estimate of drug-likeness (QED) is 0.871. The Kier molecular flexibility index (Phi) is 3.54. The lowest BCUT2D eigenvalue weighted by Gasteiger charge is -2.35. The van der Waals surface area contributed by atoms with Crippen LogP contribution in [0.15, 0.2) is 36.7 Å². The molecule has 114 valence electrons. The molecule has 0 spiro atoms. The largest absolute Gasteiger partial charge is 0.354 e. The first-order valence-electron chi connectivity index (χ1n) is 8.18. The molecule has 0 radical (unpaired) electrons. The minimum atomic E-state index is 0.882. The normalized spacial score (nSPS) is 19.4. The van der Waals surface area contributed by atoms with Crippen molar-refractivity contribution in [1.29, 1.82) is 0 Å². The molecule has 0 bridgehead atoms. The zero-order chi connectivity index (χ0) is 14.9. The number of hydrogen-bond acceptors (Lipinski definition) is 4. The van der Waals surface area contributed by atoms with Crippen LogP contribution in [-0.2, 0) is 0 Å². The van der Waals surface area contributed by atoms with Gasteiger partial charge in [-0.1, -0.05) is 0 Å². The summed E-state index contributed by atoms with van der Waals surface area (Å²) in [5, 5.41) is 0. The lowest BCUT2D eigenvalue weighted by Crippen LogP contribution is -2.47. The van der Waals surface area contributed by atoms with Crippen molar-refractivity contribution in [2.24, 2.45) is 0 Å². The van der Waals surface area contributed by atoms with E-state index in [0.717, 1.165) is 36.2 Å². The molecular formula is C18H22N4. The highest BCUT2D eigenvalue weighted by molar-refractivity contribution is 5.63. The van der Waals surface area contributed by atoms with E-state index in [4.69, 9.17) is 0 Å². The Labute approximate surface area is 131 Å². The lowest BCUT2D eigenvalue weighted by molar-refractivity contribution is 0.247. The Morgan fingerprint density at radius 2 is 1.77 bits per heavy atom. The Hall–Kier alpha value is -1.94. The van der Waals surface area contributed by atoms with Crippen molar-refractivity contribution in [2.75, 3.05) is 31.1 Å². The van der Waals surface area contributed by atoms with Gasteiger partial charge in [0.05, 0.1) is 0 Å². The van der Waals surface area contributed by atoms with Gasteiger partial charge in [-0.2, -0.15) is 0 Å². The van der Waals surface area contributed by atoms with Crippen molar-refractivity contribution in [3.8, 4) is 11.1 Å². The van der Waals surface area contributed by atoms with Gasteiger partial charge < -0.3 is 4.90 Å². The van der Waals surface area contributed by atoms with Crippen LogP contribution in [0.5, 0.6) is 0 Å². The first-order valence-corrected chi connectivity index (χ1v) is 8.18. The molecule has 22 heavy (non-hydrogen) atoms. The van der Waals surface area contributed by atoms with Gasteiger partial charge in [0.15, 0.2) is 0 Å². The van der Waals surface area contributed by atoms with Crippen LogP contribution >= 0.6 is 0 Å². The van der Waals surface area contributed by atoms with Crippen molar-refractivity contribution >= 4 is 5.82 Å². The number of aryl methyl sites for hydroxylation is 1. The van der Waals surface area contributed by atoms with Crippen molar-refractivity contribution < 1.29 is 0 Å². The van der Waals surface area contributed by atoms with Crippen molar-refractivity contribution in [1.82, 2.24) is 14.9 Å². The summed E-state index contributed by atoms with van der Waals surface area (Å²) < 4.78 is 0. The fourth-order valence-electron chi connectivity index (χ4n) is 3.22. The van der Waals surface area contributed by atoms with Gasteiger partial charge in [0.1, 0.15) is 5.82 Å². The number of aromatic nitrogens is 2. The Morgan fingerprint density at radius 1 is 0.955 bits per heavy atom. The van der Waals surface area contributed by atoms with Crippen LogP contribution in [0.4, 0.5) is 5.82 Å². The second-order valence-electron chi connectivity index (χ2n) is 6.35. The Morgan fingerprint density at radius 3 is 2.41 bits per heavy atom. The number of anilines is 1. The number of piperazine rings is 1. The summed E-state index contributed by atoms with van der Waals surface area (Å²) in [5.74, 6) is 1.10. The highest BCUT2D eigenvalue weighted by Gasteiger charge is 2.31. The topological polar surface area (TPSA) is 32.3 Å². The number of nitrogens with zero attached hydrogens (tertiary/aromatic N) is 4. The van der Waals surface area contributed by atoms with E-state index in [-0.39, 0.29) is 0 Å². The van der Waals surface area contributed by atoms with Gasteiger partial charge in [-0.3, -0.25) is 9.88 Å². The molecular weight excluding hydrogens is 272 g/mol. The summed E-state index contributed by atoms with van der Waals surface area (Å²) in [6.45, 7) is 6.56. The van der Waals surface area contributed by atoms with Gasteiger partial charge in [-0.25, -0.2) is 4.98 Å². The van der Waals surface area contributed by atoms with Gasteiger partial charge in [-0.05, 0) is 49.6 Å². The molecule has 4 rings (SSSR count). The van der Waals surface area contributed by atoms with Gasteiger partial charge >= 0.3 is 0 Å². The summed E-state index contributed by atoms with van der Waals surface area (Å²) in [5.41, 5.74) is 3.38. The minimum Gasteiger partial charge on any atom is -0.354 e. The predicted molar refractivity (Wildman–Crippen MR) is 89.0 cm³/mol. The average Bonchev–Trinajstić information content (AvgIpc) is 3.40. The third-order valence-electron chi connectivity index (χ3n) is 4.68. The fraction of sp³-hybridized carbons (Fsp3) is 0.444. The van der Waals surface area contributed by atoms with E-state index in [1.54, 1.807) is 0 Å². The maximum Gasteiger partial charge on any atom is 0.128 e. The Balaban J connectivity index is 1.45. The van der Waals surface area contributed by atoms with E-state index in [1.165, 1.54) is 31.5 Å². The molecule has 1 saturated heterocycles. The van der Waals surface area contributed by atoms with Crippen LogP contribution in [0.3, 0.4) is 0 Å². The summed E-state index contributed by atoms with van der Waals surface area (Å²) >= 11 is 0. The molecule has 1 aliphatic carbocycles. The van der Waals surface area contributed by atoms with Crippen LogP contribution < -0.4 is 4.90 Å². The maximum absolute atomic E-state index is 4.68. The maximum atomic E-state index is 4.68. The zero-order valence-corrected chi connectivity index (χ0v) is 13.1. The highest BCUT2D eigenvalue weighted by atomic mass is 15.3. The average molecular weight is 294 g/mol. The number of hydrogen-bond donors (Lipinski definition) is 0. The fourth-order valence-corrected chi connectivity index (χ4v) is 3.22. The molecule has 4 nitrogen and oxygen atoms in total. The predicted octanol–water partition coefficient (Wildman–Crippen LogP) is 2.74. The first-order chi connectivity index (χ1) is 10.8. The van der Waals surface area contributed by atoms with Crippen molar-refractivity contribution in [3.05, 3.63) is 42.4 Å². The van der Waals surface area contributed by atoms with Gasteiger partial charge in [0, 0.05) is 55.9 Å². The molecule has 2 aliphatic rings. The van der Waals surface area contributed by atoms with Crippen LogP contribution in [0.25, 0.3) is 11.1 Å². The summed E-state index contributed by atoms with van der Waals surface area (Å²) in [4.78, 5) is 14.0. The van der Waals surface area contributed by atoms with E-state index in [1.807, 2.05) is 25.4 Å². The van der Waals surface area contributed by atoms with E-state index < -0.39 is 0 Å². The lowest BCUT2D eigenvalue weighted by atomic mass is 10.1. The smallest absolute Gasteiger partial charge is 0.128 e. The third-order valence-corrected chi connectivity index (χ3v) is 4.68. The monoisotopic (exact) mass is 294 g/mol. The second kappa shape index (κ2) is 5.69. The summed E-state index contributed by atoms with van der Waals surface area (Å²) in [7, 11) is 0. The van der Waals surface area contributed by atoms with Gasteiger partial charge in [0.2, 0.25) is 0 Å². The molecule has 0 atom stereocenters. The van der Waals surface area contributed by atoms with Crippen LogP contribution in [-0.4, -0.2) is 47.1 Å². The number of rotatable bonds is 3. The van der Waals surface area contributed by atoms with Crippen molar-refractivity contribution in [3.63, 3.8) is 0 Å². The molecule has 0 amide bonds. The van der Waals surface area contributed by atoms with Gasteiger partial charge in [-0.15, -0.1) is 0 Å². The molecule has 1 saturated carbocycles. The molecule has 1 aliphatic heterocycles. The van der Waals surface area contributed by atoms with E-state index >= 15 is 0 Å². The molecule has 2 fully saturated rings. The molecule has 2 aromatic heterocycles. The molecule has 3 heterocycles. The van der Waals surface area contributed by atoms with E-state index in [2.05, 4.69) is 38.0 Å². The standard InChI is InChI=1S/C18H22N4/c1-14-12-15(6-7-19-14)16-2-5-18(20-13-16)22-10-8-21(9-11-22)17-3-4-17/h2,5-7,12-13,17H,3-4,8-11H2,1H3. The molecule has 0 aromatic carbocycles. The highest BCUT2D eigenvalue weighted by Crippen LogP contribution is 2.28. The molecule has 4 heteroatoms. The minimum absolute atomic E-state index is 0.882. The van der Waals surface area contributed by atoms with Crippen molar-refractivity contribution in [2.45, 2.75) is 25.8 Å². The SMILES string of the molecule is Cc1cc(-c2ccc(N3CCN(C4CC4)CC3)nc2)ccn1. The summed E-state index contributed by atoms with van der Waals surface area (Å²) in [6.07, 6.45) is 6.64. The van der Waals surface area contributed by atoms with Crippen LogP contribution in [0.1, 0.15) is 18.5 Å². The Bertz CT molecular complexity index is 640. The zero-order valence-electron chi connectivity index (χ0n) is 13.1. The molecule has 0 unspecified atom stereocenters. The number of pyridine rings is 2. The molecule has 2 aromatic rings. The van der Waals surface area contributed by atoms with Gasteiger partial charge in [0.25, 0.3) is 0 Å². The van der Waals surface area contributed by atoms with Crippen LogP contribution in [0, 0.1) is 6.92 Å². The molecule has 0 N–H and O–H groups in total. The van der Waals surface area contributed by atoms with Crippen LogP contribution in [0.2, 0.25) is 0 Å². The summed E-state index contributed by atoms with van der Waals surface area (Å²) in [6, 6.07) is 9.35. The second-order valence-corrected chi connectivity index (χ2v) is 6.35.